The Morgan fingerprint density at radius 3 is 2.79 bits per heavy atom. The Labute approximate surface area is 138 Å². The van der Waals surface area contributed by atoms with Crippen LogP contribution in [0.25, 0.3) is 11.0 Å². The van der Waals surface area contributed by atoms with E-state index >= 15 is 0 Å². The van der Waals surface area contributed by atoms with Gasteiger partial charge in [-0.25, -0.2) is 0 Å². The molecule has 7 nitrogen and oxygen atoms in total. The zero-order chi connectivity index (χ0) is 16.7. The fourth-order valence-electron chi connectivity index (χ4n) is 2.95. The highest BCUT2D eigenvalue weighted by atomic mass is 16.5. The normalized spacial score (nSPS) is 18.2. The molecule has 1 atom stereocenters. The van der Waals surface area contributed by atoms with Crippen molar-refractivity contribution in [2.45, 2.75) is 20.0 Å². The Balaban J connectivity index is 1.60. The van der Waals surface area contributed by atoms with Crippen LogP contribution in [0.1, 0.15) is 34.0 Å². The standard InChI is InChI=1S/C17H17N3O4/c1-10-12-5-3-4-6-13(12)24-15(10)17(21)20-7-8-22-14(9-20)16-19-18-11(2)23-16/h3-6,14H,7-9H2,1-2H3. The molecular weight excluding hydrogens is 310 g/mol. The van der Waals surface area contributed by atoms with Crippen molar-refractivity contribution >= 4 is 16.9 Å². The number of morpholine rings is 1. The summed E-state index contributed by atoms with van der Waals surface area (Å²) >= 11 is 0. The van der Waals surface area contributed by atoms with E-state index in [-0.39, 0.29) is 5.91 Å². The number of carbonyl (C=O) groups is 1. The van der Waals surface area contributed by atoms with Crippen LogP contribution < -0.4 is 0 Å². The summed E-state index contributed by atoms with van der Waals surface area (Å²) in [6.07, 6.45) is -0.409. The van der Waals surface area contributed by atoms with Gasteiger partial charge in [0.05, 0.1) is 13.2 Å². The van der Waals surface area contributed by atoms with Crippen LogP contribution in [0.3, 0.4) is 0 Å². The number of rotatable bonds is 2. The Hall–Kier alpha value is -2.67. The van der Waals surface area contributed by atoms with Gasteiger partial charge in [-0.05, 0) is 13.0 Å². The van der Waals surface area contributed by atoms with Crippen LogP contribution in [0, 0.1) is 13.8 Å². The third-order valence-corrected chi connectivity index (χ3v) is 4.21. The van der Waals surface area contributed by atoms with Crippen molar-refractivity contribution in [1.82, 2.24) is 15.1 Å². The molecule has 24 heavy (non-hydrogen) atoms. The number of fused-ring (bicyclic) bond motifs is 1. The van der Waals surface area contributed by atoms with Gasteiger partial charge in [-0.15, -0.1) is 10.2 Å². The number of aromatic nitrogens is 2. The number of nitrogens with zero attached hydrogens (tertiary/aromatic N) is 3. The maximum absolute atomic E-state index is 12.9. The van der Waals surface area contributed by atoms with Crippen LogP contribution in [-0.2, 0) is 4.74 Å². The molecule has 0 N–H and O–H groups in total. The van der Waals surface area contributed by atoms with Crippen LogP contribution in [0.15, 0.2) is 33.1 Å². The van der Waals surface area contributed by atoms with Gasteiger partial charge in [0, 0.05) is 24.4 Å². The number of hydrogen-bond donors (Lipinski definition) is 0. The van der Waals surface area contributed by atoms with Crippen LogP contribution in [0.2, 0.25) is 0 Å². The SMILES string of the molecule is Cc1nnc(C2CN(C(=O)c3oc4ccccc4c3C)CCO2)o1. The van der Waals surface area contributed by atoms with Crippen molar-refractivity contribution in [3.8, 4) is 0 Å². The molecule has 1 saturated heterocycles. The summed E-state index contributed by atoms with van der Waals surface area (Å²) in [5.74, 6) is 1.10. The second kappa shape index (κ2) is 5.76. The van der Waals surface area contributed by atoms with Crippen molar-refractivity contribution in [2.24, 2.45) is 0 Å². The number of amides is 1. The molecule has 0 spiro atoms. The van der Waals surface area contributed by atoms with Gasteiger partial charge in [0.25, 0.3) is 5.91 Å². The van der Waals surface area contributed by atoms with Gasteiger partial charge in [-0.3, -0.25) is 4.79 Å². The Morgan fingerprint density at radius 1 is 1.21 bits per heavy atom. The minimum absolute atomic E-state index is 0.145. The predicted molar refractivity (Wildman–Crippen MR) is 84.6 cm³/mol. The van der Waals surface area contributed by atoms with E-state index in [9.17, 15) is 4.79 Å². The summed E-state index contributed by atoms with van der Waals surface area (Å²) < 4.78 is 16.9. The molecule has 7 heteroatoms. The number of aryl methyl sites for hydroxylation is 2. The van der Waals surface area contributed by atoms with Gasteiger partial charge in [0.15, 0.2) is 11.9 Å². The van der Waals surface area contributed by atoms with Gasteiger partial charge >= 0.3 is 0 Å². The third kappa shape index (κ3) is 2.46. The molecule has 1 fully saturated rings. The minimum atomic E-state index is -0.409. The average Bonchev–Trinajstić information content (AvgIpc) is 3.19. The Morgan fingerprint density at radius 2 is 2.04 bits per heavy atom. The molecule has 0 saturated carbocycles. The topological polar surface area (TPSA) is 81.6 Å². The van der Waals surface area contributed by atoms with E-state index in [4.69, 9.17) is 13.6 Å². The zero-order valence-electron chi connectivity index (χ0n) is 13.5. The summed E-state index contributed by atoms with van der Waals surface area (Å²) in [6, 6.07) is 7.64. The average molecular weight is 327 g/mol. The van der Waals surface area contributed by atoms with Crippen LogP contribution >= 0.6 is 0 Å². The monoisotopic (exact) mass is 327 g/mol. The predicted octanol–water partition coefficient (Wildman–Crippen LogP) is 2.65. The first kappa shape index (κ1) is 14.9. The van der Waals surface area contributed by atoms with Crippen molar-refractivity contribution in [2.75, 3.05) is 19.7 Å². The maximum Gasteiger partial charge on any atom is 0.290 e. The minimum Gasteiger partial charge on any atom is -0.451 e. The lowest BCUT2D eigenvalue weighted by Gasteiger charge is -2.30. The first-order chi connectivity index (χ1) is 11.6. The van der Waals surface area contributed by atoms with Gasteiger partial charge < -0.3 is 18.5 Å². The first-order valence-electron chi connectivity index (χ1n) is 7.82. The molecule has 3 heterocycles. The smallest absolute Gasteiger partial charge is 0.290 e. The van der Waals surface area contributed by atoms with Crippen LogP contribution in [0.5, 0.6) is 0 Å². The maximum atomic E-state index is 12.9. The number of hydrogen-bond acceptors (Lipinski definition) is 6. The van der Waals surface area contributed by atoms with E-state index in [1.807, 2.05) is 31.2 Å². The van der Waals surface area contributed by atoms with Gasteiger partial charge in [-0.2, -0.15) is 0 Å². The number of ether oxygens (including phenoxy) is 1. The lowest BCUT2D eigenvalue weighted by atomic mass is 10.1. The Kier molecular flexibility index (Phi) is 3.57. The molecule has 1 aromatic carbocycles. The van der Waals surface area contributed by atoms with Crippen molar-refractivity contribution in [3.63, 3.8) is 0 Å². The van der Waals surface area contributed by atoms with Crippen LogP contribution in [-0.4, -0.2) is 40.7 Å². The fourth-order valence-corrected chi connectivity index (χ4v) is 2.95. The molecule has 0 aliphatic carbocycles. The summed E-state index contributed by atoms with van der Waals surface area (Å²) in [5.41, 5.74) is 1.57. The number of para-hydroxylation sites is 1. The van der Waals surface area contributed by atoms with Gasteiger partial charge in [0.2, 0.25) is 11.8 Å². The van der Waals surface area contributed by atoms with Gasteiger partial charge in [0.1, 0.15) is 5.58 Å². The highest BCUT2D eigenvalue weighted by Gasteiger charge is 2.31. The van der Waals surface area contributed by atoms with E-state index in [0.717, 1.165) is 16.5 Å². The van der Waals surface area contributed by atoms with Crippen molar-refractivity contribution in [3.05, 3.63) is 47.4 Å². The first-order valence-corrected chi connectivity index (χ1v) is 7.82. The lowest BCUT2D eigenvalue weighted by molar-refractivity contribution is -0.0357. The number of furan rings is 1. The van der Waals surface area contributed by atoms with Gasteiger partial charge in [-0.1, -0.05) is 18.2 Å². The molecule has 1 aliphatic rings. The highest BCUT2D eigenvalue weighted by molar-refractivity contribution is 5.98. The second-order valence-corrected chi connectivity index (χ2v) is 5.82. The molecule has 0 bridgehead atoms. The summed E-state index contributed by atoms with van der Waals surface area (Å²) in [7, 11) is 0. The summed E-state index contributed by atoms with van der Waals surface area (Å²) in [5, 5.41) is 8.76. The molecule has 1 unspecified atom stereocenters. The van der Waals surface area contributed by atoms with E-state index in [1.165, 1.54) is 0 Å². The third-order valence-electron chi connectivity index (χ3n) is 4.21. The van der Waals surface area contributed by atoms with Crippen LogP contribution in [0.4, 0.5) is 0 Å². The quantitative estimate of drug-likeness (QED) is 0.720. The van der Waals surface area contributed by atoms with E-state index in [1.54, 1.807) is 11.8 Å². The van der Waals surface area contributed by atoms with Crippen molar-refractivity contribution in [1.29, 1.82) is 0 Å². The van der Waals surface area contributed by atoms with E-state index in [0.29, 0.717) is 37.2 Å². The number of carbonyl (C=O) groups excluding carboxylic acids is 1. The number of benzene rings is 1. The van der Waals surface area contributed by atoms with E-state index in [2.05, 4.69) is 10.2 Å². The molecule has 1 aliphatic heterocycles. The highest BCUT2D eigenvalue weighted by Crippen LogP contribution is 2.28. The molecule has 0 radical (unpaired) electrons. The lowest BCUT2D eigenvalue weighted by Crippen LogP contribution is -2.42. The summed E-state index contributed by atoms with van der Waals surface area (Å²) in [4.78, 5) is 14.6. The van der Waals surface area contributed by atoms with Crippen molar-refractivity contribution < 1.29 is 18.4 Å². The van der Waals surface area contributed by atoms with E-state index < -0.39 is 6.10 Å². The molecule has 3 aromatic rings. The zero-order valence-corrected chi connectivity index (χ0v) is 13.5. The summed E-state index contributed by atoms with van der Waals surface area (Å²) in [6.45, 7) is 4.89. The molecule has 124 valence electrons. The molecular formula is C17H17N3O4. The largest absolute Gasteiger partial charge is 0.451 e. The molecule has 4 rings (SSSR count). The second-order valence-electron chi connectivity index (χ2n) is 5.82. The Bertz CT molecular complexity index is 898. The molecule has 1 amide bonds. The fraction of sp³-hybridized carbons (Fsp3) is 0.353. The molecule has 2 aromatic heterocycles.